The molecule has 0 aromatic rings. The highest BCUT2D eigenvalue weighted by Gasteiger charge is 2.17. The topological polar surface area (TPSA) is 69.6 Å². The predicted molar refractivity (Wildman–Crippen MR) is 66.4 cm³/mol. The minimum atomic E-state index is -0.163. The van der Waals surface area contributed by atoms with Gasteiger partial charge in [0.05, 0.1) is 13.2 Å². The van der Waals surface area contributed by atoms with E-state index < -0.39 is 0 Å². The number of hydrogen-bond donors (Lipinski definition) is 2. The average molecular weight is 244 g/mol. The first kappa shape index (κ1) is 15.9. The molecule has 0 heterocycles. The molecule has 17 heavy (non-hydrogen) atoms. The van der Waals surface area contributed by atoms with Crippen molar-refractivity contribution in [1.29, 1.82) is 0 Å². The lowest BCUT2D eigenvalue weighted by Gasteiger charge is -2.21. The molecule has 5 nitrogen and oxygen atoms in total. The summed E-state index contributed by atoms with van der Waals surface area (Å²) in [6, 6.07) is 0. The summed E-state index contributed by atoms with van der Waals surface area (Å²) in [5, 5.41) is 11.4. The summed E-state index contributed by atoms with van der Waals surface area (Å²) >= 11 is 0. The fourth-order valence-electron chi connectivity index (χ4n) is 1.41. The third-order valence-electron chi connectivity index (χ3n) is 2.23. The third kappa shape index (κ3) is 7.74. The molecule has 0 aliphatic heterocycles. The summed E-state index contributed by atoms with van der Waals surface area (Å²) in [4.78, 5) is 24.6. The zero-order chi connectivity index (χ0) is 13.5. The van der Waals surface area contributed by atoms with Crippen molar-refractivity contribution in [3.63, 3.8) is 0 Å². The van der Waals surface area contributed by atoms with Crippen LogP contribution in [0.5, 0.6) is 0 Å². The van der Waals surface area contributed by atoms with Crippen molar-refractivity contribution in [2.75, 3.05) is 26.2 Å². The van der Waals surface area contributed by atoms with Crippen LogP contribution in [0, 0.1) is 5.41 Å². The van der Waals surface area contributed by atoms with E-state index >= 15 is 0 Å². The van der Waals surface area contributed by atoms with Crippen LogP contribution in [0.15, 0.2) is 0 Å². The number of aliphatic hydroxyl groups excluding tert-OH is 1. The van der Waals surface area contributed by atoms with Crippen LogP contribution in [0.1, 0.15) is 34.1 Å². The second-order valence-corrected chi connectivity index (χ2v) is 5.21. The first-order valence-electron chi connectivity index (χ1n) is 5.95. The van der Waals surface area contributed by atoms with E-state index in [2.05, 4.69) is 5.32 Å². The molecule has 0 aliphatic rings. The summed E-state index contributed by atoms with van der Waals surface area (Å²) in [6.07, 6.45) is 0.395. The molecule has 0 rings (SSSR count). The number of hydrogen-bond acceptors (Lipinski definition) is 3. The first-order chi connectivity index (χ1) is 7.80. The molecule has 0 aromatic heterocycles. The molecule has 0 fully saturated rings. The fraction of sp³-hybridized carbons (Fsp3) is 0.833. The van der Waals surface area contributed by atoms with Gasteiger partial charge < -0.3 is 15.3 Å². The number of carbonyl (C=O) groups is 2. The van der Waals surface area contributed by atoms with Crippen LogP contribution >= 0.6 is 0 Å². The van der Waals surface area contributed by atoms with Gasteiger partial charge in [0.15, 0.2) is 0 Å². The van der Waals surface area contributed by atoms with Gasteiger partial charge in [-0.25, -0.2) is 0 Å². The van der Waals surface area contributed by atoms with Crippen LogP contribution in [0.2, 0.25) is 0 Å². The first-order valence-corrected chi connectivity index (χ1v) is 5.95. The summed E-state index contributed by atoms with van der Waals surface area (Å²) in [5.41, 5.74) is -0.0807. The maximum absolute atomic E-state index is 11.6. The monoisotopic (exact) mass is 244 g/mol. The Balaban J connectivity index is 4.02. The molecule has 2 amide bonds. The predicted octanol–water partition coefficient (Wildman–Crippen LogP) is 0.380. The molecule has 0 unspecified atom stereocenters. The van der Waals surface area contributed by atoms with E-state index in [4.69, 9.17) is 5.11 Å². The number of amides is 2. The van der Waals surface area contributed by atoms with Crippen molar-refractivity contribution < 1.29 is 14.7 Å². The van der Waals surface area contributed by atoms with Crippen LogP contribution < -0.4 is 5.32 Å². The van der Waals surface area contributed by atoms with Crippen LogP contribution in [0.3, 0.4) is 0 Å². The summed E-state index contributed by atoms with van der Waals surface area (Å²) in [7, 11) is 0. The molecule has 0 spiro atoms. The second kappa shape index (κ2) is 7.27. The highest BCUT2D eigenvalue weighted by Crippen LogP contribution is 2.17. The Morgan fingerprint density at radius 1 is 1.29 bits per heavy atom. The third-order valence-corrected chi connectivity index (χ3v) is 2.23. The van der Waals surface area contributed by atoms with Gasteiger partial charge in [-0.1, -0.05) is 20.8 Å². The quantitative estimate of drug-likeness (QED) is 0.709. The highest BCUT2D eigenvalue weighted by atomic mass is 16.3. The van der Waals surface area contributed by atoms with E-state index in [9.17, 15) is 9.59 Å². The molecule has 5 heteroatoms. The number of nitrogens with one attached hydrogen (secondary N) is 1. The largest absolute Gasteiger partial charge is 0.395 e. The molecule has 0 bridgehead atoms. The molecule has 0 aliphatic carbocycles. The minimum Gasteiger partial charge on any atom is -0.395 e. The van der Waals surface area contributed by atoms with Gasteiger partial charge in [-0.3, -0.25) is 9.59 Å². The Labute approximate surface area is 103 Å². The van der Waals surface area contributed by atoms with E-state index in [1.165, 1.54) is 4.90 Å². The van der Waals surface area contributed by atoms with E-state index in [0.717, 1.165) is 0 Å². The zero-order valence-corrected chi connectivity index (χ0v) is 11.2. The minimum absolute atomic E-state index is 0.00273. The molecule has 0 saturated heterocycles. The lowest BCUT2D eigenvalue weighted by Crippen LogP contribution is -2.41. The van der Waals surface area contributed by atoms with Crippen LogP contribution in [-0.4, -0.2) is 48.1 Å². The van der Waals surface area contributed by atoms with E-state index in [1.807, 2.05) is 27.7 Å². The van der Waals surface area contributed by atoms with Crippen molar-refractivity contribution in [1.82, 2.24) is 10.2 Å². The molecular formula is C12H24N2O3. The second-order valence-electron chi connectivity index (χ2n) is 5.21. The summed E-state index contributed by atoms with van der Waals surface area (Å²) < 4.78 is 0. The van der Waals surface area contributed by atoms with Crippen LogP contribution in [0.25, 0.3) is 0 Å². The molecule has 0 atom stereocenters. The van der Waals surface area contributed by atoms with Gasteiger partial charge in [0.1, 0.15) is 0 Å². The average Bonchev–Trinajstić information content (AvgIpc) is 2.20. The number of likely N-dealkylation sites (N-methyl/N-ethyl adjacent to an activating group) is 1. The van der Waals surface area contributed by atoms with Gasteiger partial charge in [-0.15, -0.1) is 0 Å². The standard InChI is InChI=1S/C12H24N2O3/c1-5-14(6-7-15)11(17)9-13-10(16)8-12(2,3)4/h15H,5-9H2,1-4H3,(H,13,16). The molecular weight excluding hydrogens is 220 g/mol. The van der Waals surface area contributed by atoms with Gasteiger partial charge in [0.25, 0.3) is 0 Å². The van der Waals surface area contributed by atoms with E-state index in [-0.39, 0.29) is 30.4 Å². The molecule has 0 radical (unpaired) electrons. The Morgan fingerprint density at radius 3 is 2.29 bits per heavy atom. The summed E-state index contributed by atoms with van der Waals surface area (Å²) in [6.45, 7) is 8.54. The van der Waals surface area contributed by atoms with Gasteiger partial charge in [0, 0.05) is 19.5 Å². The number of aliphatic hydroxyl groups is 1. The van der Waals surface area contributed by atoms with Crippen molar-refractivity contribution in [2.24, 2.45) is 5.41 Å². The van der Waals surface area contributed by atoms with Crippen molar-refractivity contribution in [3.05, 3.63) is 0 Å². The normalized spacial score (nSPS) is 11.1. The van der Waals surface area contributed by atoms with Crippen molar-refractivity contribution in [3.8, 4) is 0 Å². The lowest BCUT2D eigenvalue weighted by atomic mass is 9.92. The molecule has 2 N–H and O–H groups in total. The van der Waals surface area contributed by atoms with E-state index in [1.54, 1.807) is 0 Å². The summed E-state index contributed by atoms with van der Waals surface area (Å²) in [5.74, 6) is -0.283. The molecule has 0 aromatic carbocycles. The SMILES string of the molecule is CCN(CCO)C(=O)CNC(=O)CC(C)(C)C. The molecule has 0 saturated carbocycles. The van der Waals surface area contributed by atoms with Gasteiger partial charge in [-0.05, 0) is 12.3 Å². The Hall–Kier alpha value is -1.10. The maximum Gasteiger partial charge on any atom is 0.242 e. The highest BCUT2D eigenvalue weighted by molar-refractivity contribution is 5.84. The van der Waals surface area contributed by atoms with Crippen molar-refractivity contribution >= 4 is 11.8 Å². The number of carbonyl (C=O) groups excluding carboxylic acids is 2. The van der Waals surface area contributed by atoms with Crippen LogP contribution in [-0.2, 0) is 9.59 Å². The van der Waals surface area contributed by atoms with Crippen molar-refractivity contribution in [2.45, 2.75) is 34.1 Å². The Morgan fingerprint density at radius 2 is 1.88 bits per heavy atom. The maximum atomic E-state index is 11.6. The molecule has 100 valence electrons. The number of rotatable bonds is 6. The van der Waals surface area contributed by atoms with Gasteiger partial charge in [-0.2, -0.15) is 0 Å². The van der Waals surface area contributed by atoms with Gasteiger partial charge >= 0.3 is 0 Å². The lowest BCUT2D eigenvalue weighted by molar-refractivity contribution is -0.133. The van der Waals surface area contributed by atoms with Crippen LogP contribution in [0.4, 0.5) is 0 Å². The Bertz CT molecular complexity index is 259. The van der Waals surface area contributed by atoms with Gasteiger partial charge in [0.2, 0.25) is 11.8 Å². The number of nitrogens with zero attached hydrogens (tertiary/aromatic N) is 1. The van der Waals surface area contributed by atoms with E-state index in [0.29, 0.717) is 19.5 Å². The smallest absolute Gasteiger partial charge is 0.242 e. The Kier molecular flexibility index (Phi) is 6.80. The fourth-order valence-corrected chi connectivity index (χ4v) is 1.41. The zero-order valence-electron chi connectivity index (χ0n) is 11.2.